The third kappa shape index (κ3) is 7.34. The van der Waals surface area contributed by atoms with Crippen molar-refractivity contribution in [3.8, 4) is 0 Å². The number of anilines is 1. The van der Waals surface area contributed by atoms with Gasteiger partial charge in [-0.3, -0.25) is 9.69 Å². The summed E-state index contributed by atoms with van der Waals surface area (Å²) in [5.41, 5.74) is 2.33. The van der Waals surface area contributed by atoms with E-state index in [1.54, 1.807) is 0 Å². The number of ether oxygens (including phenoxy) is 1. The topological polar surface area (TPSA) is 54.5 Å². The van der Waals surface area contributed by atoms with Crippen LogP contribution >= 0.6 is 11.3 Å². The number of benzene rings is 1. The van der Waals surface area contributed by atoms with Gasteiger partial charge in [0, 0.05) is 25.0 Å². The average Bonchev–Trinajstić information content (AvgIpc) is 3.14. The number of hydrogen-bond donors (Lipinski definition) is 1. The SMILES string of the molecule is CC1CCN(Cc2csc(NC(=O)CCCOCCc3ccccc3)n2)CC1. The molecule has 1 fully saturated rings. The molecular formula is C22H31N3O2S. The van der Waals surface area contributed by atoms with E-state index in [1.165, 1.54) is 29.7 Å². The molecule has 1 N–H and O–H groups in total. The van der Waals surface area contributed by atoms with Crippen LogP contribution in [0.1, 0.15) is 43.9 Å². The molecule has 1 aliphatic heterocycles. The van der Waals surface area contributed by atoms with Gasteiger partial charge >= 0.3 is 0 Å². The quantitative estimate of drug-likeness (QED) is 0.601. The van der Waals surface area contributed by atoms with E-state index in [-0.39, 0.29) is 5.91 Å². The minimum Gasteiger partial charge on any atom is -0.381 e. The first kappa shape index (κ1) is 21.0. The summed E-state index contributed by atoms with van der Waals surface area (Å²) in [7, 11) is 0. The highest BCUT2D eigenvalue weighted by molar-refractivity contribution is 7.13. The Bertz CT molecular complexity index is 712. The molecule has 1 saturated heterocycles. The van der Waals surface area contributed by atoms with Crippen LogP contribution in [0.15, 0.2) is 35.7 Å². The zero-order chi connectivity index (χ0) is 19.6. The third-order valence-electron chi connectivity index (χ3n) is 5.13. The lowest BCUT2D eigenvalue weighted by Crippen LogP contribution is -2.32. The summed E-state index contributed by atoms with van der Waals surface area (Å²) < 4.78 is 5.64. The van der Waals surface area contributed by atoms with Crippen molar-refractivity contribution in [2.45, 2.75) is 45.6 Å². The Hall–Kier alpha value is -1.76. The summed E-state index contributed by atoms with van der Waals surface area (Å²) in [5.74, 6) is 0.850. The van der Waals surface area contributed by atoms with Crippen LogP contribution in [-0.4, -0.2) is 42.1 Å². The second-order valence-electron chi connectivity index (χ2n) is 7.60. The zero-order valence-corrected chi connectivity index (χ0v) is 17.5. The number of carbonyl (C=O) groups excluding carboxylic acids is 1. The molecule has 3 rings (SSSR count). The first-order valence-electron chi connectivity index (χ1n) is 10.3. The van der Waals surface area contributed by atoms with E-state index in [4.69, 9.17) is 4.74 Å². The number of hydrogen-bond acceptors (Lipinski definition) is 5. The number of piperidine rings is 1. The van der Waals surface area contributed by atoms with Gasteiger partial charge < -0.3 is 10.1 Å². The predicted octanol–water partition coefficient (Wildman–Crippen LogP) is 4.35. The summed E-state index contributed by atoms with van der Waals surface area (Å²) in [4.78, 5) is 19.1. The molecule has 6 heteroatoms. The van der Waals surface area contributed by atoms with Crippen molar-refractivity contribution >= 4 is 22.4 Å². The van der Waals surface area contributed by atoms with Crippen molar-refractivity contribution in [2.24, 2.45) is 5.92 Å². The first-order chi connectivity index (χ1) is 13.7. The zero-order valence-electron chi connectivity index (χ0n) is 16.7. The maximum Gasteiger partial charge on any atom is 0.226 e. The molecule has 0 radical (unpaired) electrons. The molecule has 1 aromatic heterocycles. The molecule has 5 nitrogen and oxygen atoms in total. The molecule has 0 bridgehead atoms. The highest BCUT2D eigenvalue weighted by Crippen LogP contribution is 2.21. The number of thiazole rings is 1. The van der Waals surface area contributed by atoms with Gasteiger partial charge in [0.2, 0.25) is 5.91 Å². The van der Waals surface area contributed by atoms with Crippen LogP contribution < -0.4 is 5.32 Å². The molecule has 0 aliphatic carbocycles. The molecule has 28 heavy (non-hydrogen) atoms. The minimum absolute atomic E-state index is 0.0133. The summed E-state index contributed by atoms with van der Waals surface area (Å²) in [6.07, 6.45) is 4.63. The average molecular weight is 402 g/mol. The highest BCUT2D eigenvalue weighted by atomic mass is 32.1. The van der Waals surface area contributed by atoms with Gasteiger partial charge in [-0.25, -0.2) is 4.98 Å². The van der Waals surface area contributed by atoms with E-state index in [9.17, 15) is 4.79 Å². The van der Waals surface area contributed by atoms with Crippen molar-refractivity contribution in [2.75, 3.05) is 31.6 Å². The van der Waals surface area contributed by atoms with Crippen LogP contribution in [0.3, 0.4) is 0 Å². The number of aromatic nitrogens is 1. The lowest BCUT2D eigenvalue weighted by atomic mass is 9.99. The van der Waals surface area contributed by atoms with Crippen molar-refractivity contribution in [1.29, 1.82) is 0 Å². The summed E-state index contributed by atoms with van der Waals surface area (Å²) in [6, 6.07) is 10.3. The fourth-order valence-corrected chi connectivity index (χ4v) is 4.06. The van der Waals surface area contributed by atoms with Crippen LogP contribution in [-0.2, 0) is 22.5 Å². The van der Waals surface area contributed by atoms with Crippen molar-refractivity contribution < 1.29 is 9.53 Å². The van der Waals surface area contributed by atoms with Crippen LogP contribution in [0.25, 0.3) is 0 Å². The second-order valence-corrected chi connectivity index (χ2v) is 8.46. The van der Waals surface area contributed by atoms with E-state index < -0.39 is 0 Å². The Morgan fingerprint density at radius 3 is 2.82 bits per heavy atom. The van der Waals surface area contributed by atoms with Crippen LogP contribution in [0.4, 0.5) is 5.13 Å². The molecule has 2 aromatic rings. The normalized spacial score (nSPS) is 15.6. The molecule has 1 aromatic carbocycles. The van der Waals surface area contributed by atoms with Gasteiger partial charge in [-0.2, -0.15) is 0 Å². The molecule has 0 saturated carbocycles. The molecule has 0 spiro atoms. The van der Waals surface area contributed by atoms with E-state index in [0.717, 1.165) is 44.1 Å². The Morgan fingerprint density at radius 2 is 2.04 bits per heavy atom. The maximum atomic E-state index is 12.1. The van der Waals surface area contributed by atoms with E-state index in [2.05, 4.69) is 39.6 Å². The maximum absolute atomic E-state index is 12.1. The highest BCUT2D eigenvalue weighted by Gasteiger charge is 2.17. The van der Waals surface area contributed by atoms with E-state index in [1.807, 2.05) is 18.2 Å². The number of nitrogens with zero attached hydrogens (tertiary/aromatic N) is 2. The van der Waals surface area contributed by atoms with Crippen molar-refractivity contribution in [1.82, 2.24) is 9.88 Å². The van der Waals surface area contributed by atoms with Gasteiger partial charge in [0.25, 0.3) is 0 Å². The Morgan fingerprint density at radius 1 is 1.25 bits per heavy atom. The molecular weight excluding hydrogens is 370 g/mol. The van der Waals surface area contributed by atoms with Crippen molar-refractivity contribution in [3.63, 3.8) is 0 Å². The Kier molecular flexibility index (Phi) is 8.45. The largest absolute Gasteiger partial charge is 0.381 e. The lowest BCUT2D eigenvalue weighted by Gasteiger charge is -2.29. The molecule has 2 heterocycles. The minimum atomic E-state index is 0.0133. The summed E-state index contributed by atoms with van der Waals surface area (Å²) in [6.45, 7) is 6.79. The van der Waals surface area contributed by atoms with Gasteiger partial charge in [0.05, 0.1) is 12.3 Å². The summed E-state index contributed by atoms with van der Waals surface area (Å²) in [5, 5.41) is 5.68. The lowest BCUT2D eigenvalue weighted by molar-refractivity contribution is -0.116. The van der Waals surface area contributed by atoms with Crippen LogP contribution in [0.2, 0.25) is 0 Å². The van der Waals surface area contributed by atoms with Gasteiger partial charge in [0.15, 0.2) is 5.13 Å². The monoisotopic (exact) mass is 401 g/mol. The van der Waals surface area contributed by atoms with Gasteiger partial charge in [-0.05, 0) is 50.3 Å². The standard InChI is InChI=1S/C22H31N3O2S/c1-18-9-12-25(13-10-18)16-20-17-28-22(23-20)24-21(26)8-5-14-27-15-11-19-6-3-2-4-7-19/h2-4,6-7,17-18H,5,8-16H2,1H3,(H,23,24,26). The number of rotatable bonds is 10. The van der Waals surface area contributed by atoms with Crippen LogP contribution in [0, 0.1) is 5.92 Å². The fraction of sp³-hybridized carbons (Fsp3) is 0.545. The predicted molar refractivity (Wildman–Crippen MR) is 115 cm³/mol. The number of carbonyl (C=O) groups is 1. The Labute approximate surface area is 172 Å². The molecule has 0 atom stereocenters. The van der Waals surface area contributed by atoms with Gasteiger partial charge in [-0.1, -0.05) is 37.3 Å². The second kappa shape index (κ2) is 11.3. The fourth-order valence-electron chi connectivity index (χ4n) is 3.34. The number of nitrogens with one attached hydrogen (secondary N) is 1. The Balaban J connectivity index is 1.27. The molecule has 1 aliphatic rings. The summed E-state index contributed by atoms with van der Waals surface area (Å²) >= 11 is 1.51. The number of likely N-dealkylation sites (tertiary alicyclic amines) is 1. The number of amides is 1. The third-order valence-corrected chi connectivity index (χ3v) is 5.94. The first-order valence-corrected chi connectivity index (χ1v) is 11.2. The molecule has 0 unspecified atom stereocenters. The molecule has 152 valence electrons. The van der Waals surface area contributed by atoms with Crippen LogP contribution in [0.5, 0.6) is 0 Å². The van der Waals surface area contributed by atoms with E-state index in [0.29, 0.717) is 24.8 Å². The van der Waals surface area contributed by atoms with Crippen molar-refractivity contribution in [3.05, 3.63) is 47.0 Å². The van der Waals surface area contributed by atoms with Gasteiger partial charge in [0.1, 0.15) is 0 Å². The molecule has 1 amide bonds. The smallest absolute Gasteiger partial charge is 0.226 e. The van der Waals surface area contributed by atoms with Gasteiger partial charge in [-0.15, -0.1) is 11.3 Å². The van der Waals surface area contributed by atoms with E-state index >= 15 is 0 Å².